The maximum atomic E-state index is 13.3. The zero-order chi connectivity index (χ0) is 28.5. The van der Waals surface area contributed by atoms with Gasteiger partial charge in [-0.1, -0.05) is 41.4 Å². The van der Waals surface area contributed by atoms with E-state index in [1.807, 2.05) is 11.6 Å². The highest BCUT2D eigenvalue weighted by molar-refractivity contribution is 7.90. The molecule has 13 heteroatoms. The van der Waals surface area contributed by atoms with Gasteiger partial charge in [-0.05, 0) is 62.2 Å². The monoisotopic (exact) mass is 580 g/mol. The number of benzene rings is 3. The van der Waals surface area contributed by atoms with E-state index in [4.69, 9.17) is 11.6 Å². The Morgan fingerprint density at radius 2 is 1.74 bits per heavy atom. The van der Waals surface area contributed by atoms with E-state index in [1.165, 1.54) is 29.7 Å². The Bertz CT molecular complexity index is 1620. The second-order valence-corrected chi connectivity index (χ2v) is 11.0. The van der Waals surface area contributed by atoms with Crippen LogP contribution in [0.2, 0.25) is 5.02 Å². The summed E-state index contributed by atoms with van der Waals surface area (Å²) in [5.74, 6) is 0.140. The van der Waals surface area contributed by atoms with Gasteiger partial charge >= 0.3 is 12.2 Å². The lowest BCUT2D eigenvalue weighted by atomic mass is 10.1. The summed E-state index contributed by atoms with van der Waals surface area (Å²) in [6.07, 6.45) is -5.37. The highest BCUT2D eigenvalue weighted by atomic mass is 35.5. The first-order valence-electron chi connectivity index (χ1n) is 11.7. The van der Waals surface area contributed by atoms with Crippen LogP contribution in [-0.4, -0.2) is 35.7 Å². The van der Waals surface area contributed by atoms with Crippen molar-refractivity contribution in [2.75, 3.05) is 6.54 Å². The standard InChI is InChI=1S/C26H24ClF3N4O4S/c1-15-3-9-19(10-4-15)39(37,38)33-25(36)31-12-11-17-5-7-18(8-6-17)34-23-14-21(27)20(26(28,29)30)13-22(23)32-24(34)16(2)35/h3-10,13-14,16,35H,11-12H2,1-2H3,(H2,31,33,36). The molecule has 39 heavy (non-hydrogen) atoms. The number of aromatic nitrogens is 2. The van der Waals surface area contributed by atoms with Crippen LogP contribution in [0.3, 0.4) is 0 Å². The zero-order valence-corrected chi connectivity index (χ0v) is 22.3. The second-order valence-electron chi connectivity index (χ2n) is 8.89. The van der Waals surface area contributed by atoms with Gasteiger partial charge in [0.05, 0.1) is 26.5 Å². The van der Waals surface area contributed by atoms with Crippen molar-refractivity contribution in [3.63, 3.8) is 0 Å². The number of nitrogens with one attached hydrogen (secondary N) is 2. The smallest absolute Gasteiger partial charge is 0.385 e. The first-order valence-corrected chi connectivity index (χ1v) is 13.6. The number of carbonyl (C=O) groups excluding carboxylic acids is 1. The lowest BCUT2D eigenvalue weighted by molar-refractivity contribution is -0.137. The van der Waals surface area contributed by atoms with Crippen LogP contribution < -0.4 is 10.0 Å². The fourth-order valence-corrected chi connectivity index (χ4v) is 5.15. The van der Waals surface area contributed by atoms with E-state index in [1.54, 1.807) is 36.4 Å². The number of sulfonamides is 1. The van der Waals surface area contributed by atoms with Crippen molar-refractivity contribution in [3.8, 4) is 5.69 Å². The van der Waals surface area contributed by atoms with Crippen molar-refractivity contribution in [2.24, 2.45) is 0 Å². The van der Waals surface area contributed by atoms with Gasteiger partial charge in [-0.25, -0.2) is 22.9 Å². The van der Waals surface area contributed by atoms with Gasteiger partial charge in [0.25, 0.3) is 10.0 Å². The second kappa shape index (κ2) is 10.9. The van der Waals surface area contributed by atoms with Crippen LogP contribution in [0.25, 0.3) is 16.7 Å². The maximum absolute atomic E-state index is 13.3. The summed E-state index contributed by atoms with van der Waals surface area (Å²) < 4.78 is 68.1. The van der Waals surface area contributed by atoms with E-state index in [0.29, 0.717) is 17.6 Å². The molecule has 0 spiro atoms. The summed E-state index contributed by atoms with van der Waals surface area (Å²) in [6.45, 7) is 3.40. The minimum Gasteiger partial charge on any atom is -0.385 e. The first-order chi connectivity index (χ1) is 18.3. The van der Waals surface area contributed by atoms with Crippen LogP contribution >= 0.6 is 11.6 Å². The quantitative estimate of drug-likeness (QED) is 0.275. The number of aliphatic hydroxyl groups is 1. The van der Waals surface area contributed by atoms with Gasteiger partial charge in [0.1, 0.15) is 11.9 Å². The number of nitrogens with zero attached hydrogens (tertiary/aromatic N) is 2. The van der Waals surface area contributed by atoms with E-state index in [-0.39, 0.29) is 22.8 Å². The van der Waals surface area contributed by atoms with E-state index in [0.717, 1.165) is 17.2 Å². The van der Waals surface area contributed by atoms with Crippen LogP contribution in [0.15, 0.2) is 65.6 Å². The fourth-order valence-electron chi connectivity index (χ4n) is 3.95. The molecule has 0 bridgehead atoms. The summed E-state index contributed by atoms with van der Waals surface area (Å²) in [5, 5.41) is 12.2. The van der Waals surface area contributed by atoms with Crippen molar-refractivity contribution in [1.29, 1.82) is 0 Å². The summed E-state index contributed by atoms with van der Waals surface area (Å²) in [5.41, 5.74) is 1.51. The third-order valence-electron chi connectivity index (χ3n) is 5.90. The number of fused-ring (bicyclic) bond motifs is 1. The Labute approximate surface area is 227 Å². The van der Waals surface area contributed by atoms with Gasteiger partial charge in [-0.15, -0.1) is 0 Å². The molecule has 8 nitrogen and oxygen atoms in total. The molecule has 4 aromatic rings. The number of aliphatic hydroxyl groups excluding tert-OH is 1. The molecule has 206 valence electrons. The summed E-state index contributed by atoms with van der Waals surface area (Å²) in [4.78, 5) is 16.3. The van der Waals surface area contributed by atoms with E-state index < -0.39 is 38.9 Å². The van der Waals surface area contributed by atoms with E-state index in [9.17, 15) is 31.5 Å². The third-order valence-corrected chi connectivity index (χ3v) is 7.56. The number of alkyl halides is 3. The van der Waals surface area contributed by atoms with Crippen molar-refractivity contribution in [1.82, 2.24) is 19.6 Å². The molecular weight excluding hydrogens is 557 g/mol. The van der Waals surface area contributed by atoms with Gasteiger partial charge < -0.3 is 10.4 Å². The average molecular weight is 581 g/mol. The number of carbonyl (C=O) groups is 1. The minimum atomic E-state index is -4.66. The van der Waals surface area contributed by atoms with Crippen molar-refractivity contribution < 1.29 is 31.5 Å². The van der Waals surface area contributed by atoms with Crippen LogP contribution in [0.4, 0.5) is 18.0 Å². The molecule has 4 rings (SSSR count). The molecule has 1 atom stereocenters. The molecule has 0 fully saturated rings. The van der Waals surface area contributed by atoms with Crippen LogP contribution in [0, 0.1) is 6.92 Å². The topological polar surface area (TPSA) is 113 Å². The molecule has 1 aromatic heterocycles. The van der Waals surface area contributed by atoms with Gasteiger partial charge in [-0.3, -0.25) is 4.57 Å². The predicted octanol–water partition coefficient (Wildman–Crippen LogP) is 5.29. The normalized spacial score (nSPS) is 12.9. The number of aryl methyl sites for hydroxylation is 1. The first kappa shape index (κ1) is 28.4. The lowest BCUT2D eigenvalue weighted by Crippen LogP contribution is -2.40. The molecule has 1 unspecified atom stereocenters. The van der Waals surface area contributed by atoms with Gasteiger partial charge in [0.15, 0.2) is 0 Å². The molecule has 0 radical (unpaired) electrons. The third kappa shape index (κ3) is 6.35. The number of halogens is 4. The molecule has 0 aliphatic carbocycles. The summed E-state index contributed by atoms with van der Waals surface area (Å²) in [6, 6.07) is 14.1. The van der Waals surface area contributed by atoms with E-state index >= 15 is 0 Å². The Morgan fingerprint density at radius 3 is 2.33 bits per heavy atom. The predicted molar refractivity (Wildman–Crippen MR) is 140 cm³/mol. The molecular formula is C26H24ClF3N4O4S. The lowest BCUT2D eigenvalue weighted by Gasteiger charge is -2.13. The molecule has 3 aromatic carbocycles. The van der Waals surface area contributed by atoms with Crippen LogP contribution in [0.5, 0.6) is 0 Å². The van der Waals surface area contributed by atoms with Gasteiger partial charge in [-0.2, -0.15) is 13.2 Å². The SMILES string of the molecule is Cc1ccc(S(=O)(=O)NC(=O)NCCc2ccc(-n3c(C(C)O)nc4cc(C(F)(F)F)c(Cl)cc43)cc2)cc1. The van der Waals surface area contributed by atoms with E-state index in [2.05, 4.69) is 10.3 Å². The highest BCUT2D eigenvalue weighted by Gasteiger charge is 2.34. The van der Waals surface area contributed by atoms with Crippen molar-refractivity contribution in [2.45, 2.75) is 37.4 Å². The van der Waals surface area contributed by atoms with Gasteiger partial charge in [0.2, 0.25) is 0 Å². The number of hydrogen-bond acceptors (Lipinski definition) is 5. The van der Waals surface area contributed by atoms with Crippen molar-refractivity contribution >= 4 is 38.7 Å². The number of amides is 2. The summed E-state index contributed by atoms with van der Waals surface area (Å²) in [7, 11) is -4.01. The Morgan fingerprint density at radius 1 is 1.10 bits per heavy atom. The maximum Gasteiger partial charge on any atom is 0.417 e. The molecule has 3 N–H and O–H groups in total. The average Bonchev–Trinajstić information content (AvgIpc) is 3.22. The minimum absolute atomic E-state index is 0.0293. The number of rotatable bonds is 7. The molecule has 2 amide bonds. The Hall–Kier alpha value is -3.61. The number of imidazole rings is 1. The molecule has 0 aliphatic rings. The molecule has 0 saturated carbocycles. The van der Waals surface area contributed by atoms with Gasteiger partial charge in [0, 0.05) is 12.2 Å². The van der Waals surface area contributed by atoms with Crippen LogP contribution in [0.1, 0.15) is 35.5 Å². The largest absolute Gasteiger partial charge is 0.417 e. The summed E-state index contributed by atoms with van der Waals surface area (Å²) >= 11 is 5.92. The highest BCUT2D eigenvalue weighted by Crippen LogP contribution is 2.38. The Balaban J connectivity index is 1.47. The molecule has 0 aliphatic heterocycles. The molecule has 0 saturated heterocycles. The van der Waals surface area contributed by atoms with Crippen LogP contribution in [-0.2, 0) is 22.6 Å². The molecule has 1 heterocycles. The van der Waals surface area contributed by atoms with Crippen molar-refractivity contribution in [3.05, 3.63) is 88.2 Å². The Kier molecular flexibility index (Phi) is 7.92. The number of urea groups is 1. The number of hydrogen-bond donors (Lipinski definition) is 3. The fraction of sp³-hybridized carbons (Fsp3) is 0.231. The zero-order valence-electron chi connectivity index (χ0n) is 20.8.